The summed E-state index contributed by atoms with van der Waals surface area (Å²) in [5.41, 5.74) is -0.188. The van der Waals surface area contributed by atoms with E-state index in [9.17, 15) is 22.8 Å². The summed E-state index contributed by atoms with van der Waals surface area (Å²) in [5, 5.41) is 6.20. The second kappa shape index (κ2) is 7.22. The highest BCUT2D eigenvalue weighted by Crippen LogP contribution is 2.15. The standard InChI is InChI=1S/C18H12F3N3O2/c19-12-3-1-11(2-4-12)10-24-17(25)8-7-16(23-24)18(26)22-15-6-5-13(20)9-14(15)21/h1-9H,10H2,(H,22,26). The lowest BCUT2D eigenvalue weighted by Gasteiger charge is -2.09. The molecule has 1 amide bonds. The maximum Gasteiger partial charge on any atom is 0.276 e. The number of carbonyl (C=O) groups is 1. The molecule has 2 aromatic carbocycles. The molecule has 0 bridgehead atoms. The molecular weight excluding hydrogens is 347 g/mol. The Morgan fingerprint density at radius 2 is 1.65 bits per heavy atom. The largest absolute Gasteiger partial charge is 0.318 e. The molecule has 0 saturated heterocycles. The summed E-state index contributed by atoms with van der Waals surface area (Å²) in [6.07, 6.45) is 0. The van der Waals surface area contributed by atoms with E-state index in [0.717, 1.165) is 22.9 Å². The molecule has 1 aromatic heterocycles. The van der Waals surface area contributed by atoms with Crippen LogP contribution in [-0.4, -0.2) is 15.7 Å². The molecule has 0 radical (unpaired) electrons. The van der Waals surface area contributed by atoms with E-state index < -0.39 is 28.9 Å². The van der Waals surface area contributed by atoms with Crippen molar-refractivity contribution in [3.05, 3.63) is 93.7 Å². The number of anilines is 1. The average molecular weight is 359 g/mol. The van der Waals surface area contributed by atoms with E-state index in [1.165, 1.54) is 30.3 Å². The van der Waals surface area contributed by atoms with Crippen molar-refractivity contribution in [1.29, 1.82) is 0 Å². The topological polar surface area (TPSA) is 64.0 Å². The number of aromatic nitrogens is 2. The highest BCUT2D eigenvalue weighted by molar-refractivity contribution is 6.02. The zero-order chi connectivity index (χ0) is 18.7. The van der Waals surface area contributed by atoms with Gasteiger partial charge in [-0.15, -0.1) is 0 Å². The van der Waals surface area contributed by atoms with Crippen molar-refractivity contribution in [2.75, 3.05) is 5.32 Å². The lowest BCUT2D eigenvalue weighted by atomic mass is 10.2. The second-order valence-electron chi connectivity index (χ2n) is 5.42. The molecule has 0 saturated carbocycles. The van der Waals surface area contributed by atoms with Crippen LogP contribution in [0.1, 0.15) is 16.1 Å². The first kappa shape index (κ1) is 17.4. The van der Waals surface area contributed by atoms with E-state index in [1.807, 2.05) is 0 Å². The van der Waals surface area contributed by atoms with Crippen LogP contribution in [0.4, 0.5) is 18.9 Å². The van der Waals surface area contributed by atoms with E-state index >= 15 is 0 Å². The molecule has 1 N–H and O–H groups in total. The van der Waals surface area contributed by atoms with Crippen molar-refractivity contribution in [3.63, 3.8) is 0 Å². The fraction of sp³-hybridized carbons (Fsp3) is 0.0556. The van der Waals surface area contributed by atoms with E-state index in [-0.39, 0.29) is 17.9 Å². The number of halogens is 3. The maximum atomic E-state index is 13.6. The Morgan fingerprint density at radius 1 is 0.962 bits per heavy atom. The molecule has 0 spiro atoms. The highest BCUT2D eigenvalue weighted by Gasteiger charge is 2.13. The van der Waals surface area contributed by atoms with Crippen molar-refractivity contribution in [3.8, 4) is 0 Å². The first-order chi connectivity index (χ1) is 12.4. The summed E-state index contributed by atoms with van der Waals surface area (Å²) in [7, 11) is 0. The highest BCUT2D eigenvalue weighted by atomic mass is 19.1. The summed E-state index contributed by atoms with van der Waals surface area (Å²) in [6, 6.07) is 10.5. The molecule has 0 unspecified atom stereocenters. The molecule has 5 nitrogen and oxygen atoms in total. The summed E-state index contributed by atoms with van der Waals surface area (Å²) < 4.78 is 40.5. The van der Waals surface area contributed by atoms with Crippen LogP contribution in [0.15, 0.2) is 59.4 Å². The molecule has 0 aliphatic carbocycles. The summed E-state index contributed by atoms with van der Waals surface area (Å²) >= 11 is 0. The normalized spacial score (nSPS) is 10.6. The smallest absolute Gasteiger partial charge is 0.276 e. The Bertz CT molecular complexity index is 1020. The lowest BCUT2D eigenvalue weighted by Crippen LogP contribution is -2.26. The number of benzene rings is 2. The van der Waals surface area contributed by atoms with E-state index in [4.69, 9.17) is 0 Å². The van der Waals surface area contributed by atoms with Crippen LogP contribution in [0.5, 0.6) is 0 Å². The van der Waals surface area contributed by atoms with Crippen molar-refractivity contribution in [2.24, 2.45) is 0 Å². The van der Waals surface area contributed by atoms with Gasteiger partial charge < -0.3 is 5.32 Å². The van der Waals surface area contributed by atoms with Crippen LogP contribution in [0.2, 0.25) is 0 Å². The maximum absolute atomic E-state index is 13.6. The number of hydrogen-bond acceptors (Lipinski definition) is 3. The third kappa shape index (κ3) is 3.97. The van der Waals surface area contributed by atoms with Crippen molar-refractivity contribution >= 4 is 11.6 Å². The van der Waals surface area contributed by atoms with Crippen LogP contribution in [0.3, 0.4) is 0 Å². The number of nitrogens with one attached hydrogen (secondary N) is 1. The van der Waals surface area contributed by atoms with Crippen LogP contribution in [0, 0.1) is 17.5 Å². The van der Waals surface area contributed by atoms with Crippen molar-refractivity contribution in [1.82, 2.24) is 9.78 Å². The van der Waals surface area contributed by atoms with Gasteiger partial charge in [-0.05, 0) is 35.9 Å². The fourth-order valence-corrected chi connectivity index (χ4v) is 2.22. The SMILES string of the molecule is O=C(Nc1ccc(F)cc1F)c1ccc(=O)n(Cc2ccc(F)cc2)n1. The van der Waals surface area contributed by atoms with Gasteiger partial charge >= 0.3 is 0 Å². The Balaban J connectivity index is 1.83. The second-order valence-corrected chi connectivity index (χ2v) is 5.42. The number of amides is 1. The van der Waals surface area contributed by atoms with E-state index in [0.29, 0.717) is 11.6 Å². The number of hydrogen-bond donors (Lipinski definition) is 1. The summed E-state index contributed by atoms with van der Waals surface area (Å²) in [4.78, 5) is 24.1. The third-order valence-corrected chi connectivity index (χ3v) is 3.52. The molecule has 26 heavy (non-hydrogen) atoms. The number of nitrogens with zero attached hydrogens (tertiary/aromatic N) is 2. The molecule has 0 atom stereocenters. The van der Waals surface area contributed by atoms with Crippen LogP contribution >= 0.6 is 0 Å². The quantitative estimate of drug-likeness (QED) is 0.779. The molecule has 1 heterocycles. The van der Waals surface area contributed by atoms with Crippen LogP contribution < -0.4 is 10.9 Å². The van der Waals surface area contributed by atoms with Gasteiger partial charge in [-0.3, -0.25) is 9.59 Å². The van der Waals surface area contributed by atoms with Gasteiger partial charge in [0.05, 0.1) is 12.2 Å². The van der Waals surface area contributed by atoms with Gasteiger partial charge in [0, 0.05) is 12.1 Å². The fourth-order valence-electron chi connectivity index (χ4n) is 2.22. The van der Waals surface area contributed by atoms with Gasteiger partial charge in [-0.2, -0.15) is 5.10 Å². The Hall–Kier alpha value is -3.42. The minimum atomic E-state index is -0.932. The van der Waals surface area contributed by atoms with Gasteiger partial charge in [0.1, 0.15) is 23.1 Å². The van der Waals surface area contributed by atoms with Crippen LogP contribution in [-0.2, 0) is 6.54 Å². The summed E-state index contributed by atoms with van der Waals surface area (Å²) in [5.74, 6) is -2.88. The van der Waals surface area contributed by atoms with Gasteiger partial charge in [0.15, 0.2) is 0 Å². The Kier molecular flexibility index (Phi) is 4.83. The molecule has 8 heteroatoms. The number of carbonyl (C=O) groups excluding carboxylic acids is 1. The van der Waals surface area contributed by atoms with Crippen LogP contribution in [0.25, 0.3) is 0 Å². The molecular formula is C18H12F3N3O2. The first-order valence-corrected chi connectivity index (χ1v) is 7.51. The predicted octanol–water partition coefficient (Wildman–Crippen LogP) is 2.96. The minimum Gasteiger partial charge on any atom is -0.318 e. The van der Waals surface area contributed by atoms with Crippen molar-refractivity contribution in [2.45, 2.75) is 6.54 Å². The molecule has 3 aromatic rings. The van der Waals surface area contributed by atoms with Gasteiger partial charge in [-0.1, -0.05) is 12.1 Å². The van der Waals surface area contributed by atoms with E-state index in [1.54, 1.807) is 0 Å². The molecule has 0 aliphatic rings. The molecule has 3 rings (SSSR count). The molecule has 0 fully saturated rings. The zero-order valence-electron chi connectivity index (χ0n) is 13.2. The average Bonchev–Trinajstić information content (AvgIpc) is 2.61. The van der Waals surface area contributed by atoms with Gasteiger partial charge in [0.25, 0.3) is 11.5 Å². The predicted molar refractivity (Wildman–Crippen MR) is 88.3 cm³/mol. The Morgan fingerprint density at radius 3 is 2.35 bits per heavy atom. The van der Waals surface area contributed by atoms with Crippen molar-refractivity contribution < 1.29 is 18.0 Å². The molecule has 132 valence electrons. The van der Waals surface area contributed by atoms with Gasteiger partial charge in [-0.25, -0.2) is 17.9 Å². The molecule has 0 aliphatic heterocycles. The Labute approximate surface area is 145 Å². The minimum absolute atomic E-state index is 0.0329. The zero-order valence-corrected chi connectivity index (χ0v) is 13.2. The summed E-state index contributed by atoms with van der Waals surface area (Å²) in [6.45, 7) is 0.0329. The van der Waals surface area contributed by atoms with E-state index in [2.05, 4.69) is 10.4 Å². The number of rotatable bonds is 4. The monoisotopic (exact) mass is 359 g/mol. The lowest BCUT2D eigenvalue weighted by molar-refractivity contribution is 0.101. The first-order valence-electron chi connectivity index (χ1n) is 7.51. The van der Waals surface area contributed by atoms with Gasteiger partial charge in [0.2, 0.25) is 0 Å². The third-order valence-electron chi connectivity index (χ3n) is 3.52.